The first-order chi connectivity index (χ1) is 9.86. The molecule has 21 heavy (non-hydrogen) atoms. The topological polar surface area (TPSA) is 20.3 Å². The summed E-state index contributed by atoms with van der Waals surface area (Å²) in [4.78, 5) is 13.8. The molecule has 1 aromatic carbocycles. The van der Waals surface area contributed by atoms with Gasteiger partial charge in [-0.1, -0.05) is 22.0 Å². The Morgan fingerprint density at radius 3 is 2.48 bits per heavy atom. The molecular formula is C14H14BrF4NO. The average Bonchev–Trinajstić information content (AvgIpc) is 2.34. The molecule has 1 aliphatic rings. The Kier molecular flexibility index (Phi) is 4.91. The summed E-state index contributed by atoms with van der Waals surface area (Å²) in [6.07, 6.45) is -2.22. The van der Waals surface area contributed by atoms with Crippen molar-refractivity contribution in [2.75, 3.05) is 11.9 Å². The summed E-state index contributed by atoms with van der Waals surface area (Å²) >= 11 is 3.21. The molecule has 2 rings (SSSR count). The van der Waals surface area contributed by atoms with Gasteiger partial charge < -0.3 is 4.90 Å². The van der Waals surface area contributed by atoms with E-state index in [1.54, 1.807) is 0 Å². The summed E-state index contributed by atoms with van der Waals surface area (Å²) in [5.74, 6) is -2.17. The van der Waals surface area contributed by atoms with Crippen LogP contribution in [0.4, 0.5) is 17.6 Å². The van der Waals surface area contributed by atoms with Crippen molar-refractivity contribution >= 4 is 21.8 Å². The molecule has 1 aromatic rings. The number of hydrogen-bond donors (Lipinski definition) is 0. The van der Waals surface area contributed by atoms with Crippen molar-refractivity contribution < 1.29 is 22.4 Å². The molecule has 1 fully saturated rings. The second-order valence-electron chi connectivity index (χ2n) is 4.94. The minimum atomic E-state index is -4.81. The van der Waals surface area contributed by atoms with Crippen LogP contribution in [-0.2, 0) is 6.18 Å². The lowest BCUT2D eigenvalue weighted by Gasteiger charge is -2.37. The first-order valence-corrected chi connectivity index (χ1v) is 7.71. The lowest BCUT2D eigenvalue weighted by atomic mass is 9.91. The van der Waals surface area contributed by atoms with Gasteiger partial charge in [-0.3, -0.25) is 4.79 Å². The maximum Gasteiger partial charge on any atom is 0.419 e. The van der Waals surface area contributed by atoms with Crippen LogP contribution >= 0.6 is 15.9 Å². The highest BCUT2D eigenvalue weighted by Crippen LogP contribution is 2.33. The Balaban J connectivity index is 2.33. The quantitative estimate of drug-likeness (QED) is 0.575. The number of hydrogen-bond acceptors (Lipinski definition) is 1. The van der Waals surface area contributed by atoms with Crippen molar-refractivity contribution in [2.45, 2.75) is 31.5 Å². The number of alkyl halides is 4. The van der Waals surface area contributed by atoms with E-state index < -0.39 is 29.0 Å². The van der Waals surface area contributed by atoms with Crippen molar-refractivity contribution in [1.29, 1.82) is 0 Å². The normalized spacial score (nSPS) is 15.7. The van der Waals surface area contributed by atoms with Crippen LogP contribution in [0.25, 0.3) is 0 Å². The smallest absolute Gasteiger partial charge is 0.335 e. The monoisotopic (exact) mass is 367 g/mol. The molecule has 1 amide bonds. The molecule has 7 heteroatoms. The van der Waals surface area contributed by atoms with Gasteiger partial charge in [-0.2, -0.15) is 13.2 Å². The van der Waals surface area contributed by atoms with Gasteiger partial charge in [0.2, 0.25) is 0 Å². The SMILES string of the molecule is O=C(c1cccc(C(F)(F)F)c1F)N(CCBr)C1CCC1. The number of benzene rings is 1. The fourth-order valence-corrected chi connectivity index (χ4v) is 2.69. The minimum absolute atomic E-state index is 0.0102. The zero-order valence-corrected chi connectivity index (χ0v) is 12.7. The number of rotatable bonds is 4. The van der Waals surface area contributed by atoms with E-state index in [1.165, 1.54) is 4.90 Å². The summed E-state index contributed by atoms with van der Waals surface area (Å²) in [5, 5.41) is 0.496. The predicted molar refractivity (Wildman–Crippen MR) is 73.9 cm³/mol. The Morgan fingerprint density at radius 1 is 1.33 bits per heavy atom. The third-order valence-electron chi connectivity index (χ3n) is 3.64. The third-order valence-corrected chi connectivity index (χ3v) is 3.99. The second kappa shape index (κ2) is 6.34. The molecule has 116 valence electrons. The minimum Gasteiger partial charge on any atom is -0.335 e. The van der Waals surface area contributed by atoms with Crippen LogP contribution in [0.5, 0.6) is 0 Å². The average molecular weight is 368 g/mol. The molecule has 0 saturated heterocycles. The molecular weight excluding hydrogens is 354 g/mol. The highest BCUT2D eigenvalue weighted by molar-refractivity contribution is 9.09. The van der Waals surface area contributed by atoms with Gasteiger partial charge in [-0.25, -0.2) is 4.39 Å². The fraction of sp³-hybridized carbons (Fsp3) is 0.500. The van der Waals surface area contributed by atoms with Crippen LogP contribution in [0.15, 0.2) is 18.2 Å². The van der Waals surface area contributed by atoms with Gasteiger partial charge in [0.25, 0.3) is 5.91 Å². The number of halogens is 5. The largest absolute Gasteiger partial charge is 0.419 e. The predicted octanol–water partition coefficient (Wildman–Crippen LogP) is 4.23. The zero-order valence-electron chi connectivity index (χ0n) is 11.1. The maximum absolute atomic E-state index is 14.0. The van der Waals surface area contributed by atoms with Crippen LogP contribution in [0.1, 0.15) is 35.2 Å². The highest BCUT2D eigenvalue weighted by atomic mass is 79.9. The van der Waals surface area contributed by atoms with Crippen molar-refractivity contribution in [3.8, 4) is 0 Å². The van der Waals surface area contributed by atoms with E-state index in [0.717, 1.165) is 31.4 Å². The Hall–Kier alpha value is -1.11. The lowest BCUT2D eigenvalue weighted by molar-refractivity contribution is -0.140. The zero-order chi connectivity index (χ0) is 15.6. The van der Waals surface area contributed by atoms with E-state index in [-0.39, 0.29) is 6.04 Å². The van der Waals surface area contributed by atoms with Crippen LogP contribution in [-0.4, -0.2) is 28.7 Å². The van der Waals surface area contributed by atoms with Gasteiger partial charge in [0.15, 0.2) is 0 Å². The van der Waals surface area contributed by atoms with Crippen LogP contribution < -0.4 is 0 Å². The van der Waals surface area contributed by atoms with E-state index in [2.05, 4.69) is 15.9 Å². The van der Waals surface area contributed by atoms with Gasteiger partial charge in [0.1, 0.15) is 5.82 Å². The van der Waals surface area contributed by atoms with Crippen molar-refractivity contribution in [3.05, 3.63) is 35.1 Å². The van der Waals surface area contributed by atoms with Crippen molar-refractivity contribution in [1.82, 2.24) is 4.90 Å². The molecule has 1 aliphatic carbocycles. The summed E-state index contributed by atoms with van der Waals surface area (Å²) in [7, 11) is 0. The molecule has 0 aliphatic heterocycles. The molecule has 0 radical (unpaired) electrons. The van der Waals surface area contributed by atoms with Crippen molar-refractivity contribution in [3.63, 3.8) is 0 Å². The van der Waals surface area contributed by atoms with E-state index in [4.69, 9.17) is 0 Å². The molecule has 0 heterocycles. The van der Waals surface area contributed by atoms with Gasteiger partial charge in [-0.05, 0) is 31.4 Å². The molecule has 0 atom stereocenters. The molecule has 0 N–H and O–H groups in total. The molecule has 2 nitrogen and oxygen atoms in total. The lowest BCUT2D eigenvalue weighted by Crippen LogP contribution is -2.45. The number of carbonyl (C=O) groups excluding carboxylic acids is 1. The van der Waals surface area contributed by atoms with Crippen LogP contribution in [0.3, 0.4) is 0 Å². The highest BCUT2D eigenvalue weighted by Gasteiger charge is 2.37. The summed E-state index contributed by atoms with van der Waals surface area (Å²) in [5.41, 5.74) is -1.92. The Morgan fingerprint density at radius 2 is 2.00 bits per heavy atom. The first kappa shape index (κ1) is 16.3. The van der Waals surface area contributed by atoms with E-state index in [9.17, 15) is 22.4 Å². The van der Waals surface area contributed by atoms with Gasteiger partial charge >= 0.3 is 6.18 Å². The fourth-order valence-electron chi connectivity index (χ4n) is 2.31. The number of nitrogens with zero attached hydrogens (tertiary/aromatic N) is 1. The second-order valence-corrected chi connectivity index (χ2v) is 5.73. The number of amides is 1. The van der Waals surface area contributed by atoms with Gasteiger partial charge in [-0.15, -0.1) is 0 Å². The Labute approximate surface area is 128 Å². The molecule has 0 bridgehead atoms. The molecule has 0 unspecified atom stereocenters. The molecule has 0 aromatic heterocycles. The van der Waals surface area contributed by atoms with Gasteiger partial charge in [0.05, 0.1) is 11.1 Å². The first-order valence-electron chi connectivity index (χ1n) is 6.59. The summed E-state index contributed by atoms with van der Waals surface area (Å²) in [6.45, 7) is 0.346. The van der Waals surface area contributed by atoms with Crippen LogP contribution in [0, 0.1) is 5.82 Å². The van der Waals surface area contributed by atoms with Gasteiger partial charge in [0, 0.05) is 17.9 Å². The number of carbonyl (C=O) groups is 1. The standard InChI is InChI=1S/C14H14BrF4NO/c15-7-8-20(9-3-1-4-9)13(21)10-5-2-6-11(12(10)16)14(17,18)19/h2,5-6,9H,1,3-4,7-8H2. The summed E-state index contributed by atoms with van der Waals surface area (Å²) < 4.78 is 52.1. The Bertz CT molecular complexity index is 528. The third kappa shape index (κ3) is 3.39. The van der Waals surface area contributed by atoms with Crippen molar-refractivity contribution in [2.24, 2.45) is 0 Å². The van der Waals surface area contributed by atoms with E-state index in [0.29, 0.717) is 17.9 Å². The van der Waals surface area contributed by atoms with E-state index in [1.807, 2.05) is 0 Å². The van der Waals surface area contributed by atoms with Crippen LogP contribution in [0.2, 0.25) is 0 Å². The van der Waals surface area contributed by atoms with E-state index >= 15 is 0 Å². The summed E-state index contributed by atoms with van der Waals surface area (Å²) in [6, 6.07) is 2.80. The molecule has 1 saturated carbocycles. The maximum atomic E-state index is 14.0. The molecule has 0 spiro atoms.